The monoisotopic (exact) mass is 518 g/mol. The number of methoxy groups -OCH3 is 1. The SMILES string of the molecule is COc1ccc2ncc(Cl)c(C(=O)CC[C@H]3CCN(CCSC4CCCCC4)C[C@H]3C(=O)O)c2c1. The van der Waals surface area contributed by atoms with Gasteiger partial charge in [-0.25, -0.2) is 0 Å². The molecule has 0 spiro atoms. The van der Waals surface area contributed by atoms with Gasteiger partial charge in [0.05, 0.1) is 23.6 Å². The second-order valence-electron chi connectivity index (χ2n) is 9.75. The molecule has 190 valence electrons. The van der Waals surface area contributed by atoms with Crippen molar-refractivity contribution in [3.8, 4) is 5.75 Å². The predicted molar refractivity (Wildman–Crippen MR) is 142 cm³/mol. The summed E-state index contributed by atoms with van der Waals surface area (Å²) < 4.78 is 5.31. The van der Waals surface area contributed by atoms with Crippen LogP contribution in [0.15, 0.2) is 24.4 Å². The second-order valence-corrected chi connectivity index (χ2v) is 11.6. The number of piperidine rings is 1. The summed E-state index contributed by atoms with van der Waals surface area (Å²) in [5.41, 5.74) is 1.13. The van der Waals surface area contributed by atoms with Crippen LogP contribution in [0, 0.1) is 11.8 Å². The third kappa shape index (κ3) is 6.69. The third-order valence-corrected chi connectivity index (χ3v) is 9.17. The fourth-order valence-corrected chi connectivity index (χ4v) is 7.10. The topological polar surface area (TPSA) is 79.7 Å². The van der Waals surface area contributed by atoms with E-state index in [1.165, 1.54) is 38.3 Å². The molecule has 1 aromatic carbocycles. The van der Waals surface area contributed by atoms with Gasteiger partial charge in [-0.05, 0) is 56.3 Å². The van der Waals surface area contributed by atoms with Crippen LogP contribution in [-0.2, 0) is 4.79 Å². The summed E-state index contributed by atoms with van der Waals surface area (Å²) >= 11 is 8.45. The molecular formula is C27H35ClN2O4S. The van der Waals surface area contributed by atoms with Gasteiger partial charge in [0.15, 0.2) is 5.78 Å². The van der Waals surface area contributed by atoms with Crippen molar-refractivity contribution in [2.24, 2.45) is 11.8 Å². The second kappa shape index (κ2) is 12.4. The molecular weight excluding hydrogens is 484 g/mol. The first-order chi connectivity index (χ1) is 17.0. The van der Waals surface area contributed by atoms with Gasteiger partial charge in [-0.3, -0.25) is 14.6 Å². The molecule has 1 aliphatic carbocycles. The summed E-state index contributed by atoms with van der Waals surface area (Å²) in [6.07, 6.45) is 9.82. The molecule has 1 aromatic heterocycles. The van der Waals surface area contributed by atoms with Gasteiger partial charge in [0, 0.05) is 47.7 Å². The number of hydrogen-bond donors (Lipinski definition) is 1. The van der Waals surface area contributed by atoms with Gasteiger partial charge in [0.1, 0.15) is 5.75 Å². The maximum Gasteiger partial charge on any atom is 0.308 e. The fourth-order valence-electron chi connectivity index (χ4n) is 5.48. The molecule has 0 radical (unpaired) electrons. The summed E-state index contributed by atoms with van der Waals surface area (Å²) in [6, 6.07) is 5.39. The van der Waals surface area contributed by atoms with Crippen LogP contribution in [0.5, 0.6) is 5.75 Å². The maximum absolute atomic E-state index is 13.2. The summed E-state index contributed by atoms with van der Waals surface area (Å²) in [6.45, 7) is 2.40. The number of carboxylic acids is 1. The van der Waals surface area contributed by atoms with E-state index in [2.05, 4.69) is 21.6 Å². The van der Waals surface area contributed by atoms with Crippen molar-refractivity contribution in [1.29, 1.82) is 0 Å². The van der Waals surface area contributed by atoms with Gasteiger partial charge in [-0.2, -0.15) is 11.8 Å². The highest BCUT2D eigenvalue weighted by atomic mass is 35.5. The largest absolute Gasteiger partial charge is 0.497 e. The van der Waals surface area contributed by atoms with Crippen molar-refractivity contribution in [2.45, 2.75) is 56.6 Å². The van der Waals surface area contributed by atoms with E-state index in [9.17, 15) is 14.7 Å². The van der Waals surface area contributed by atoms with Crippen LogP contribution < -0.4 is 4.74 Å². The lowest BCUT2D eigenvalue weighted by Crippen LogP contribution is -2.44. The molecule has 1 saturated heterocycles. The molecule has 2 aromatic rings. The summed E-state index contributed by atoms with van der Waals surface area (Å²) in [5.74, 6) is 0.407. The van der Waals surface area contributed by atoms with Crippen molar-refractivity contribution >= 4 is 46.0 Å². The Balaban J connectivity index is 1.35. The molecule has 1 aliphatic heterocycles. The van der Waals surface area contributed by atoms with Crippen molar-refractivity contribution in [1.82, 2.24) is 9.88 Å². The lowest BCUT2D eigenvalue weighted by Gasteiger charge is -2.36. The number of aromatic nitrogens is 1. The van der Waals surface area contributed by atoms with E-state index in [1.807, 2.05) is 6.07 Å². The number of ether oxygens (including phenoxy) is 1. The molecule has 6 nitrogen and oxygen atoms in total. The molecule has 0 amide bonds. The Morgan fingerprint density at radius 3 is 2.77 bits per heavy atom. The Morgan fingerprint density at radius 1 is 1.23 bits per heavy atom. The van der Waals surface area contributed by atoms with Crippen LogP contribution in [0.2, 0.25) is 5.02 Å². The Kier molecular flexibility index (Phi) is 9.31. The summed E-state index contributed by atoms with van der Waals surface area (Å²) in [5, 5.41) is 11.7. The number of thioether (sulfide) groups is 1. The maximum atomic E-state index is 13.2. The number of pyridine rings is 1. The molecule has 35 heavy (non-hydrogen) atoms. The highest BCUT2D eigenvalue weighted by Crippen LogP contribution is 2.33. The van der Waals surface area contributed by atoms with Crippen LogP contribution >= 0.6 is 23.4 Å². The number of halogens is 1. The smallest absolute Gasteiger partial charge is 0.308 e. The van der Waals surface area contributed by atoms with Gasteiger partial charge >= 0.3 is 5.97 Å². The van der Waals surface area contributed by atoms with Gasteiger partial charge in [-0.1, -0.05) is 30.9 Å². The van der Waals surface area contributed by atoms with Crippen LogP contribution in [0.1, 0.15) is 61.7 Å². The zero-order valence-corrected chi connectivity index (χ0v) is 22.0. The number of hydrogen-bond acceptors (Lipinski definition) is 6. The molecule has 2 atom stereocenters. The lowest BCUT2D eigenvalue weighted by molar-refractivity contribution is -0.146. The number of carbonyl (C=O) groups is 2. The molecule has 2 aliphatic rings. The minimum absolute atomic E-state index is 0.0138. The first-order valence-electron chi connectivity index (χ1n) is 12.7. The first kappa shape index (κ1) is 26.2. The number of fused-ring (bicyclic) bond motifs is 1. The van der Waals surface area contributed by atoms with Crippen molar-refractivity contribution in [2.75, 3.05) is 32.5 Å². The summed E-state index contributed by atoms with van der Waals surface area (Å²) in [4.78, 5) is 31.9. The van der Waals surface area contributed by atoms with E-state index in [4.69, 9.17) is 16.3 Å². The molecule has 0 bridgehead atoms. The highest BCUT2D eigenvalue weighted by molar-refractivity contribution is 7.99. The first-order valence-corrected chi connectivity index (χ1v) is 14.1. The lowest BCUT2D eigenvalue weighted by atomic mass is 9.81. The third-order valence-electron chi connectivity index (χ3n) is 7.52. The van der Waals surface area contributed by atoms with E-state index in [-0.39, 0.29) is 18.1 Å². The Morgan fingerprint density at radius 2 is 2.03 bits per heavy atom. The van der Waals surface area contributed by atoms with E-state index in [0.29, 0.717) is 40.2 Å². The van der Waals surface area contributed by atoms with E-state index >= 15 is 0 Å². The zero-order valence-electron chi connectivity index (χ0n) is 20.4. The van der Waals surface area contributed by atoms with Crippen LogP contribution in [0.3, 0.4) is 0 Å². The van der Waals surface area contributed by atoms with Gasteiger partial charge in [0.25, 0.3) is 0 Å². The molecule has 0 unspecified atom stereocenters. The summed E-state index contributed by atoms with van der Waals surface area (Å²) in [7, 11) is 1.58. The number of aliphatic carboxylic acids is 1. The number of rotatable bonds is 10. The molecule has 1 N–H and O–H groups in total. The van der Waals surface area contributed by atoms with E-state index in [1.54, 1.807) is 19.2 Å². The van der Waals surface area contributed by atoms with Crippen molar-refractivity contribution < 1.29 is 19.4 Å². The number of ketones is 1. The Labute approximate surface area is 216 Å². The number of nitrogens with zero attached hydrogens (tertiary/aromatic N) is 2. The van der Waals surface area contributed by atoms with E-state index < -0.39 is 11.9 Å². The minimum Gasteiger partial charge on any atom is -0.497 e. The van der Waals surface area contributed by atoms with Crippen LogP contribution in [-0.4, -0.2) is 64.5 Å². The van der Waals surface area contributed by atoms with Crippen LogP contribution in [0.25, 0.3) is 10.9 Å². The normalized spacial score (nSPS) is 21.8. The molecule has 2 fully saturated rings. The number of likely N-dealkylation sites (tertiary alicyclic amines) is 1. The zero-order chi connectivity index (χ0) is 24.8. The number of benzene rings is 1. The molecule has 8 heteroatoms. The number of carboxylic acid groups (broad SMARTS) is 1. The highest BCUT2D eigenvalue weighted by Gasteiger charge is 2.34. The van der Waals surface area contributed by atoms with Gasteiger partial charge in [-0.15, -0.1) is 0 Å². The Bertz CT molecular complexity index is 1040. The van der Waals surface area contributed by atoms with Crippen LogP contribution in [0.4, 0.5) is 0 Å². The average Bonchev–Trinajstić information content (AvgIpc) is 2.87. The quantitative estimate of drug-likeness (QED) is 0.389. The fraction of sp³-hybridized carbons (Fsp3) is 0.593. The van der Waals surface area contributed by atoms with Crippen molar-refractivity contribution in [3.63, 3.8) is 0 Å². The Hall–Kier alpha value is -1.83. The van der Waals surface area contributed by atoms with E-state index in [0.717, 1.165) is 30.5 Å². The van der Waals surface area contributed by atoms with Gasteiger partial charge < -0.3 is 14.7 Å². The molecule has 1 saturated carbocycles. The minimum atomic E-state index is -0.760. The molecule has 2 heterocycles. The number of Topliss-reactive ketones (excluding diaryl/α,β-unsaturated/α-hetero) is 1. The van der Waals surface area contributed by atoms with Gasteiger partial charge in [0.2, 0.25) is 0 Å². The standard InChI is InChI=1S/C27H35ClN2O4S/c1-34-19-8-9-24-21(15-19)26(23(28)16-29-24)25(31)10-7-18-11-12-30(17-22(18)27(32)33)13-14-35-20-5-3-2-4-6-20/h8-9,15-16,18,20,22H,2-7,10-14,17H2,1H3,(H,32,33)/t18-,22+/m0/s1. The predicted octanol–water partition coefficient (Wildman–Crippen LogP) is 5.95. The van der Waals surface area contributed by atoms with Crippen molar-refractivity contribution in [3.05, 3.63) is 35.0 Å². The molecule has 4 rings (SSSR count). The average molecular weight is 519 g/mol. The number of carbonyl (C=O) groups excluding carboxylic acids is 1.